The molecule has 2 aromatic carbocycles. The second kappa shape index (κ2) is 12.1. The van der Waals surface area contributed by atoms with Crippen LogP contribution in [-0.2, 0) is 12.8 Å². The molecule has 0 radical (unpaired) electrons. The molecule has 0 heterocycles. The summed E-state index contributed by atoms with van der Waals surface area (Å²) in [4.78, 5) is 0. The van der Waals surface area contributed by atoms with E-state index >= 15 is 0 Å². The largest absolute Gasteiger partial charge is 0.0986 e. The first kappa shape index (κ1) is 28.9. The average molecular weight is 533 g/mol. The Balaban J connectivity index is 1.35. The zero-order valence-corrected chi connectivity index (χ0v) is 26.0. The van der Waals surface area contributed by atoms with Crippen LogP contribution in [-0.4, -0.2) is 0 Å². The molecule has 5 rings (SSSR count). The number of aryl methyl sites for hydroxylation is 2. The van der Waals surface area contributed by atoms with Crippen LogP contribution in [0, 0.1) is 37.0 Å². The van der Waals surface area contributed by atoms with Crippen LogP contribution in [0.5, 0.6) is 0 Å². The monoisotopic (exact) mass is 532 g/mol. The van der Waals surface area contributed by atoms with Gasteiger partial charge in [-0.1, -0.05) is 138 Å². The average Bonchev–Trinajstić information content (AvgIpc) is 3.32. The topological polar surface area (TPSA) is 0 Å². The van der Waals surface area contributed by atoms with E-state index in [1.807, 2.05) is 0 Å². The molecule has 2 atom stereocenters. The molecule has 0 nitrogen and oxygen atoms in total. The van der Waals surface area contributed by atoms with E-state index in [4.69, 9.17) is 0 Å². The first-order valence-corrected chi connectivity index (χ1v) is 16.1. The molecule has 0 N–H and O–H groups in total. The molecular formula is C40H52. The van der Waals surface area contributed by atoms with Gasteiger partial charge in [-0.25, -0.2) is 0 Å². The fourth-order valence-electron chi connectivity index (χ4n) is 7.79. The number of fused-ring (bicyclic) bond motifs is 1. The summed E-state index contributed by atoms with van der Waals surface area (Å²) in [5.41, 5.74) is 14.7. The van der Waals surface area contributed by atoms with Crippen molar-refractivity contribution >= 4 is 6.08 Å². The zero-order valence-electron chi connectivity index (χ0n) is 26.0. The molecule has 3 aliphatic rings. The van der Waals surface area contributed by atoms with Crippen molar-refractivity contribution in [2.75, 3.05) is 0 Å². The van der Waals surface area contributed by atoms with E-state index in [0.717, 1.165) is 25.2 Å². The first-order valence-electron chi connectivity index (χ1n) is 16.1. The summed E-state index contributed by atoms with van der Waals surface area (Å²) in [7, 11) is 0. The molecule has 1 fully saturated rings. The number of hydrogen-bond acceptors (Lipinski definition) is 0. The summed E-state index contributed by atoms with van der Waals surface area (Å²) in [5, 5.41) is 0. The Morgan fingerprint density at radius 1 is 0.950 bits per heavy atom. The van der Waals surface area contributed by atoms with Gasteiger partial charge in [0.15, 0.2) is 0 Å². The molecule has 0 saturated heterocycles. The van der Waals surface area contributed by atoms with Gasteiger partial charge in [0.25, 0.3) is 0 Å². The highest BCUT2D eigenvalue weighted by Crippen LogP contribution is 2.44. The van der Waals surface area contributed by atoms with Crippen molar-refractivity contribution < 1.29 is 0 Å². The lowest BCUT2D eigenvalue weighted by Gasteiger charge is -2.33. The van der Waals surface area contributed by atoms with Crippen molar-refractivity contribution in [3.63, 3.8) is 0 Å². The van der Waals surface area contributed by atoms with Gasteiger partial charge in [-0.2, -0.15) is 0 Å². The van der Waals surface area contributed by atoms with Crippen molar-refractivity contribution in [3.05, 3.63) is 100 Å². The van der Waals surface area contributed by atoms with Crippen molar-refractivity contribution in [2.24, 2.45) is 23.2 Å². The second-order valence-corrected chi connectivity index (χ2v) is 14.5. The molecular weight excluding hydrogens is 480 g/mol. The van der Waals surface area contributed by atoms with Gasteiger partial charge >= 0.3 is 0 Å². The van der Waals surface area contributed by atoms with Crippen molar-refractivity contribution in [2.45, 2.75) is 105 Å². The fourth-order valence-corrected chi connectivity index (χ4v) is 7.79. The van der Waals surface area contributed by atoms with Crippen LogP contribution in [0.3, 0.4) is 0 Å². The maximum atomic E-state index is 4.62. The maximum Gasteiger partial charge on any atom is 0.00827 e. The lowest BCUT2D eigenvalue weighted by Crippen LogP contribution is -2.21. The van der Waals surface area contributed by atoms with E-state index in [9.17, 15) is 0 Å². The van der Waals surface area contributed by atoms with Crippen LogP contribution in [0.2, 0.25) is 0 Å². The zero-order chi connectivity index (χ0) is 28.4. The smallest absolute Gasteiger partial charge is 0.00827 e. The predicted octanol–water partition coefficient (Wildman–Crippen LogP) is 11.6. The first-order chi connectivity index (χ1) is 19.1. The highest BCUT2D eigenvalue weighted by atomic mass is 14.3. The SMILES string of the molecule is C=C1C=CC(CC(C)(C)C)C(=C)C1CC1=Cc2cccc(-c3cc(C)cc(C)c3CCCC3CCCCC3)c2C1. The summed E-state index contributed by atoms with van der Waals surface area (Å²) in [6.07, 6.45) is 21.5. The van der Waals surface area contributed by atoms with Gasteiger partial charge < -0.3 is 0 Å². The quantitative estimate of drug-likeness (QED) is 0.297. The minimum absolute atomic E-state index is 0.291. The van der Waals surface area contributed by atoms with E-state index in [0.29, 0.717) is 17.3 Å². The van der Waals surface area contributed by atoms with Crippen LogP contribution in [0.1, 0.15) is 106 Å². The molecule has 3 aliphatic carbocycles. The molecule has 0 spiro atoms. The molecule has 2 unspecified atom stereocenters. The maximum absolute atomic E-state index is 4.62. The predicted molar refractivity (Wildman–Crippen MR) is 176 cm³/mol. The van der Waals surface area contributed by atoms with Crippen molar-refractivity contribution in [1.29, 1.82) is 0 Å². The van der Waals surface area contributed by atoms with Crippen LogP contribution in [0.15, 0.2) is 72.4 Å². The van der Waals surface area contributed by atoms with Gasteiger partial charge in [0.1, 0.15) is 0 Å². The van der Waals surface area contributed by atoms with Crippen LogP contribution >= 0.6 is 0 Å². The Hall–Kier alpha value is -2.60. The van der Waals surface area contributed by atoms with E-state index in [1.165, 1.54) is 101 Å². The highest BCUT2D eigenvalue weighted by molar-refractivity contribution is 5.80. The van der Waals surface area contributed by atoms with Gasteiger partial charge in [-0.05, 0) is 102 Å². The Morgan fingerprint density at radius 2 is 1.73 bits per heavy atom. The van der Waals surface area contributed by atoms with Gasteiger partial charge in [0.2, 0.25) is 0 Å². The summed E-state index contributed by atoms with van der Waals surface area (Å²) in [5.74, 6) is 1.75. The fraction of sp³-hybridized carbons (Fsp3) is 0.500. The van der Waals surface area contributed by atoms with Gasteiger partial charge in [0.05, 0.1) is 0 Å². The number of allylic oxidation sites excluding steroid dienone is 5. The molecule has 0 heteroatoms. The van der Waals surface area contributed by atoms with Crippen LogP contribution < -0.4 is 0 Å². The normalized spacial score (nSPS) is 21.6. The Bertz CT molecular complexity index is 1310. The Morgan fingerprint density at radius 3 is 2.48 bits per heavy atom. The summed E-state index contributed by atoms with van der Waals surface area (Å²) < 4.78 is 0. The minimum Gasteiger partial charge on any atom is -0.0986 e. The third kappa shape index (κ3) is 6.64. The molecule has 212 valence electrons. The lowest BCUT2D eigenvalue weighted by atomic mass is 9.71. The summed E-state index contributed by atoms with van der Waals surface area (Å²) in [6.45, 7) is 20.7. The molecule has 0 aliphatic heterocycles. The molecule has 0 bridgehead atoms. The third-order valence-corrected chi connectivity index (χ3v) is 9.86. The van der Waals surface area contributed by atoms with Crippen molar-refractivity contribution in [1.82, 2.24) is 0 Å². The van der Waals surface area contributed by atoms with E-state index < -0.39 is 0 Å². The number of benzene rings is 2. The minimum atomic E-state index is 0.291. The summed E-state index contributed by atoms with van der Waals surface area (Å²) in [6, 6.07) is 11.8. The number of hydrogen-bond donors (Lipinski definition) is 0. The molecule has 1 saturated carbocycles. The number of rotatable bonds is 8. The second-order valence-electron chi connectivity index (χ2n) is 14.5. The molecule has 2 aromatic rings. The standard InChI is InChI=1S/C40H52/c1-27-21-29(3)35(17-11-15-31-13-9-8-10-14-31)39(22-27)36-18-12-16-33-23-32(25-38(33)36)24-37-28(2)19-20-34(30(37)4)26-40(5,6)7/h12,16,18-23,31,34,37H,2,4,8-11,13-15,17,24-26H2,1,3,5-7H3. The van der Waals surface area contributed by atoms with Crippen molar-refractivity contribution in [3.8, 4) is 11.1 Å². The van der Waals surface area contributed by atoms with Gasteiger partial charge in [0, 0.05) is 5.92 Å². The third-order valence-electron chi connectivity index (χ3n) is 9.86. The molecule has 0 aromatic heterocycles. The lowest BCUT2D eigenvalue weighted by molar-refractivity contribution is 0.332. The Labute approximate surface area is 245 Å². The van der Waals surface area contributed by atoms with E-state index in [1.54, 1.807) is 5.56 Å². The summed E-state index contributed by atoms with van der Waals surface area (Å²) >= 11 is 0. The van der Waals surface area contributed by atoms with Gasteiger partial charge in [-0.15, -0.1) is 0 Å². The van der Waals surface area contributed by atoms with E-state index in [2.05, 4.69) is 96.3 Å². The molecule has 40 heavy (non-hydrogen) atoms. The van der Waals surface area contributed by atoms with Gasteiger partial charge in [-0.3, -0.25) is 0 Å². The Kier molecular flexibility index (Phi) is 8.75. The van der Waals surface area contributed by atoms with Crippen LogP contribution in [0.25, 0.3) is 17.2 Å². The van der Waals surface area contributed by atoms with E-state index in [-0.39, 0.29) is 0 Å². The van der Waals surface area contributed by atoms with Crippen LogP contribution in [0.4, 0.5) is 0 Å². The highest BCUT2D eigenvalue weighted by Gasteiger charge is 2.30. The molecule has 0 amide bonds.